The van der Waals surface area contributed by atoms with Crippen LogP contribution in [0, 0.1) is 24.0 Å². The molecular weight excluding hydrogens is 472 g/mol. The van der Waals surface area contributed by atoms with E-state index in [1.54, 1.807) is 13.2 Å². The van der Waals surface area contributed by atoms with E-state index in [0.717, 1.165) is 23.1 Å². The third-order valence-corrected chi connectivity index (χ3v) is 6.81. The van der Waals surface area contributed by atoms with Crippen LogP contribution in [-0.4, -0.2) is 40.1 Å². The van der Waals surface area contributed by atoms with Crippen LogP contribution in [0.25, 0.3) is 0 Å². The Morgan fingerprint density at radius 1 is 1.34 bits per heavy atom. The monoisotopic (exact) mass is 502 g/mol. The van der Waals surface area contributed by atoms with Gasteiger partial charge in [0.2, 0.25) is 5.28 Å². The zero-order chi connectivity index (χ0) is 25.3. The van der Waals surface area contributed by atoms with Gasteiger partial charge in [0.1, 0.15) is 12.7 Å². The third kappa shape index (κ3) is 5.67. The molecule has 1 saturated carbocycles. The summed E-state index contributed by atoms with van der Waals surface area (Å²) < 4.78 is 11.8. The van der Waals surface area contributed by atoms with E-state index in [1.807, 2.05) is 52.0 Å². The van der Waals surface area contributed by atoms with E-state index in [9.17, 15) is 10.0 Å². The molecule has 1 aliphatic heterocycles. The highest BCUT2D eigenvalue weighted by Gasteiger charge is 2.45. The highest BCUT2D eigenvalue weighted by atomic mass is 35.5. The molecule has 9 nitrogen and oxygen atoms in total. The Kier molecular flexibility index (Phi) is 7.19. The molecule has 0 radical (unpaired) electrons. The molecule has 1 aliphatic carbocycles. The Bertz CT molecular complexity index is 1120. The number of esters is 1. The summed E-state index contributed by atoms with van der Waals surface area (Å²) in [5.41, 5.74) is 2.99. The first-order valence-electron chi connectivity index (χ1n) is 11.7. The molecule has 2 aliphatic rings. The zero-order valence-corrected chi connectivity index (χ0v) is 21.4. The topological polar surface area (TPSA) is 99.3 Å². The second-order valence-electron chi connectivity index (χ2n) is 10.0. The van der Waals surface area contributed by atoms with Crippen LogP contribution in [0.4, 0.5) is 0 Å². The summed E-state index contributed by atoms with van der Waals surface area (Å²) in [6.07, 6.45) is 2.84. The van der Waals surface area contributed by atoms with E-state index in [0.29, 0.717) is 34.5 Å². The molecule has 10 heteroatoms. The van der Waals surface area contributed by atoms with Crippen LogP contribution in [0.2, 0.25) is 5.02 Å². The van der Waals surface area contributed by atoms with Crippen molar-refractivity contribution < 1.29 is 24.1 Å². The van der Waals surface area contributed by atoms with Gasteiger partial charge in [-0.3, -0.25) is 9.78 Å². The number of carbonyl (C=O) groups is 1. The van der Waals surface area contributed by atoms with Crippen LogP contribution in [0.3, 0.4) is 0 Å². The Balaban J connectivity index is 1.33. The van der Waals surface area contributed by atoms with Gasteiger partial charge in [-0.2, -0.15) is 0 Å². The maximum Gasteiger partial charge on any atom is 0.314 e. The van der Waals surface area contributed by atoms with E-state index in [4.69, 9.17) is 25.9 Å². The number of carbonyl (C=O) groups excluding carboxylic acids is 1. The van der Waals surface area contributed by atoms with E-state index in [2.05, 4.69) is 10.3 Å². The van der Waals surface area contributed by atoms with Crippen LogP contribution in [0.15, 0.2) is 35.7 Å². The molecule has 2 aromatic rings. The predicted molar refractivity (Wildman–Crippen MR) is 128 cm³/mol. The van der Waals surface area contributed by atoms with Crippen LogP contribution in [0.1, 0.15) is 62.1 Å². The molecule has 3 atom stereocenters. The van der Waals surface area contributed by atoms with Gasteiger partial charge < -0.3 is 19.5 Å². The molecule has 35 heavy (non-hydrogen) atoms. The number of aryl methyl sites for hydroxylation is 1. The average molecular weight is 503 g/mol. The van der Waals surface area contributed by atoms with Crippen LogP contribution >= 0.6 is 11.6 Å². The van der Waals surface area contributed by atoms with Crippen molar-refractivity contribution in [2.24, 2.45) is 17.1 Å². The summed E-state index contributed by atoms with van der Waals surface area (Å²) in [7, 11) is 1.65. The summed E-state index contributed by atoms with van der Waals surface area (Å²) in [6.45, 7) is 8.11. The molecule has 0 amide bonds. The summed E-state index contributed by atoms with van der Waals surface area (Å²) in [6, 6.07) is 7.49. The maximum absolute atomic E-state index is 12.8. The lowest BCUT2D eigenvalue weighted by molar-refractivity contribution is -0.719. The van der Waals surface area contributed by atoms with Crippen molar-refractivity contribution >= 4 is 17.6 Å². The summed E-state index contributed by atoms with van der Waals surface area (Å²) in [4.78, 5) is 22.9. The van der Waals surface area contributed by atoms with E-state index in [1.165, 1.54) is 5.01 Å². The number of hydrogen-bond acceptors (Lipinski definition) is 7. The minimum absolute atomic E-state index is 0.140. The van der Waals surface area contributed by atoms with Crippen molar-refractivity contribution in [2.45, 2.75) is 58.8 Å². The normalized spacial score (nSPS) is 21.4. The first-order valence-corrected chi connectivity index (χ1v) is 12.0. The lowest BCUT2D eigenvalue weighted by Gasteiger charge is -2.26. The van der Waals surface area contributed by atoms with Crippen molar-refractivity contribution in [3.8, 4) is 5.75 Å². The number of rotatable bonds is 8. The average Bonchev–Trinajstić information content (AvgIpc) is 3.47. The Labute approximate surface area is 210 Å². The number of ether oxygens (including phenoxy) is 2. The fourth-order valence-corrected chi connectivity index (χ4v) is 4.10. The Hall–Kier alpha value is -2.91. The van der Waals surface area contributed by atoms with Crippen molar-refractivity contribution in [2.75, 3.05) is 13.7 Å². The molecular formula is C25H31ClN4O5. The lowest BCUT2D eigenvalue weighted by atomic mass is 10.0. The SMILES string of the molecule is Cc1ncc2c(c1OC(=O)[C@@H]1C[C@@H]1CCO/N=[N+](\[O-])N(C)C(C)(C)C)CO[C@H]2c1ccc(Cl)cc1. The Morgan fingerprint density at radius 3 is 2.74 bits per heavy atom. The second-order valence-corrected chi connectivity index (χ2v) is 10.5. The molecule has 0 unspecified atom stereocenters. The van der Waals surface area contributed by atoms with Gasteiger partial charge in [0.05, 0.1) is 35.8 Å². The summed E-state index contributed by atoms with van der Waals surface area (Å²) in [5, 5.41) is 17.6. The number of halogens is 1. The van der Waals surface area contributed by atoms with Gasteiger partial charge >= 0.3 is 5.97 Å². The molecule has 0 N–H and O–H groups in total. The second kappa shape index (κ2) is 9.99. The van der Waals surface area contributed by atoms with E-state index in [-0.39, 0.29) is 36.1 Å². The minimum Gasteiger partial charge on any atom is -0.569 e. The Morgan fingerprint density at radius 2 is 2.06 bits per heavy atom. The van der Waals surface area contributed by atoms with Gasteiger partial charge in [-0.05, 0) is 64.2 Å². The predicted octanol–water partition coefficient (Wildman–Crippen LogP) is 5.13. The highest BCUT2D eigenvalue weighted by Crippen LogP contribution is 2.45. The smallest absolute Gasteiger partial charge is 0.314 e. The van der Waals surface area contributed by atoms with Crippen molar-refractivity contribution in [1.29, 1.82) is 0 Å². The molecule has 0 bridgehead atoms. The number of aromatic nitrogens is 1. The van der Waals surface area contributed by atoms with Crippen LogP contribution in [-0.2, 0) is 21.0 Å². The first-order chi connectivity index (χ1) is 16.6. The number of pyridine rings is 1. The summed E-state index contributed by atoms with van der Waals surface area (Å²) in [5.74, 6) is 0.135. The molecule has 0 spiro atoms. The summed E-state index contributed by atoms with van der Waals surface area (Å²) >= 11 is 6.01. The maximum atomic E-state index is 12.8. The highest BCUT2D eigenvalue weighted by molar-refractivity contribution is 6.30. The van der Waals surface area contributed by atoms with Crippen LogP contribution in [0.5, 0.6) is 5.75 Å². The quantitative estimate of drug-likeness (QED) is 0.162. The van der Waals surface area contributed by atoms with Crippen LogP contribution < -0.4 is 4.74 Å². The lowest BCUT2D eigenvalue weighted by Crippen LogP contribution is -2.42. The number of fused-ring (bicyclic) bond motifs is 1. The van der Waals surface area contributed by atoms with Crippen molar-refractivity contribution in [3.63, 3.8) is 0 Å². The fourth-order valence-electron chi connectivity index (χ4n) is 3.97. The molecule has 188 valence electrons. The van der Waals surface area contributed by atoms with Gasteiger partial charge in [0.25, 0.3) is 0 Å². The van der Waals surface area contributed by atoms with Gasteiger partial charge in [-0.15, -0.1) is 5.01 Å². The first kappa shape index (κ1) is 25.2. The van der Waals surface area contributed by atoms with Gasteiger partial charge in [-0.1, -0.05) is 23.7 Å². The molecule has 1 aromatic carbocycles. The standard InChI is InChI=1S/C25H31ClN4O5/c1-15-22(21-14-33-23(20(21)13-27-15)16-6-8-18(26)9-7-16)35-24(31)19-12-17(19)10-11-34-28-30(32)29(5)25(2,3)4/h6-9,13,17,19,23H,10-12,14H2,1-5H3/b30-28-/t17-,19+,23-/m0/s1. The van der Waals surface area contributed by atoms with Crippen molar-refractivity contribution in [3.05, 3.63) is 63.1 Å². The van der Waals surface area contributed by atoms with E-state index >= 15 is 0 Å². The number of hydrogen-bond donors (Lipinski definition) is 0. The van der Waals surface area contributed by atoms with Gasteiger partial charge in [-0.25, -0.2) is 0 Å². The molecule has 2 heterocycles. The zero-order valence-electron chi connectivity index (χ0n) is 20.7. The number of hydrazine groups is 1. The number of benzene rings is 1. The van der Waals surface area contributed by atoms with Crippen molar-refractivity contribution in [1.82, 2.24) is 9.99 Å². The van der Waals surface area contributed by atoms with Gasteiger partial charge in [0.15, 0.2) is 5.75 Å². The molecule has 0 saturated heterocycles. The number of nitrogens with zero attached hydrogens (tertiary/aromatic N) is 4. The third-order valence-electron chi connectivity index (χ3n) is 6.56. The molecule has 4 rings (SSSR count). The van der Waals surface area contributed by atoms with Gasteiger partial charge in [0, 0.05) is 22.3 Å². The molecule has 1 aromatic heterocycles. The minimum atomic E-state index is -0.371. The fraction of sp³-hybridized carbons (Fsp3) is 0.520. The molecule has 1 fully saturated rings. The van der Waals surface area contributed by atoms with E-state index < -0.39 is 0 Å². The largest absolute Gasteiger partial charge is 0.569 e.